The van der Waals surface area contributed by atoms with Gasteiger partial charge in [0.05, 0.1) is 12.6 Å². The molecule has 6 nitrogen and oxygen atoms in total. The van der Waals surface area contributed by atoms with Gasteiger partial charge in [-0.2, -0.15) is 0 Å². The third-order valence-electron chi connectivity index (χ3n) is 3.49. The second-order valence-corrected chi connectivity index (χ2v) is 6.57. The van der Waals surface area contributed by atoms with Crippen molar-refractivity contribution in [1.82, 2.24) is 14.9 Å². The normalized spacial score (nSPS) is 18.0. The number of thioether (sulfide) groups is 1. The molecule has 0 bridgehead atoms. The Balaban J connectivity index is 2.06. The summed E-state index contributed by atoms with van der Waals surface area (Å²) < 4.78 is 6.66. The second kappa shape index (κ2) is 7.78. The molecule has 0 aromatic carbocycles. The summed E-state index contributed by atoms with van der Waals surface area (Å²) in [6.07, 6.45) is 2.07. The van der Waals surface area contributed by atoms with Crippen molar-refractivity contribution in [2.45, 2.75) is 50.4 Å². The molecule has 2 heterocycles. The number of fused-ring (bicyclic) bond motifs is 1. The molecule has 122 valence electrons. The minimum atomic E-state index is -0.120. The maximum absolute atomic E-state index is 12.3. The van der Waals surface area contributed by atoms with Gasteiger partial charge >= 0.3 is 0 Å². The Labute approximate surface area is 134 Å². The van der Waals surface area contributed by atoms with Crippen molar-refractivity contribution in [3.05, 3.63) is 22.1 Å². The van der Waals surface area contributed by atoms with Crippen LogP contribution in [0.5, 0.6) is 0 Å². The molecule has 0 radical (unpaired) electrons. The molecule has 0 spiro atoms. The van der Waals surface area contributed by atoms with Gasteiger partial charge in [-0.1, -0.05) is 25.1 Å². The number of carbonyl (C=O) groups excluding carboxylic acids is 1. The van der Waals surface area contributed by atoms with E-state index in [1.165, 1.54) is 0 Å². The highest BCUT2D eigenvalue weighted by molar-refractivity contribution is 7.99. The van der Waals surface area contributed by atoms with E-state index in [0.717, 1.165) is 23.7 Å². The molecule has 1 N–H and O–H groups in total. The van der Waals surface area contributed by atoms with Crippen molar-refractivity contribution < 1.29 is 9.53 Å². The minimum Gasteiger partial charge on any atom is -0.383 e. The Kier molecular flexibility index (Phi) is 6.02. The van der Waals surface area contributed by atoms with Crippen LogP contribution in [0.15, 0.2) is 16.0 Å². The lowest BCUT2D eigenvalue weighted by atomic mass is 10.2. The van der Waals surface area contributed by atoms with Crippen LogP contribution < -0.4 is 10.9 Å². The van der Waals surface area contributed by atoms with Crippen molar-refractivity contribution >= 4 is 17.7 Å². The van der Waals surface area contributed by atoms with Crippen LogP contribution in [0.1, 0.15) is 38.4 Å². The summed E-state index contributed by atoms with van der Waals surface area (Å²) in [6, 6.07) is 1.44. The first-order valence-electron chi connectivity index (χ1n) is 7.58. The lowest BCUT2D eigenvalue weighted by Crippen LogP contribution is -2.37. The monoisotopic (exact) mass is 325 g/mol. The van der Waals surface area contributed by atoms with E-state index in [9.17, 15) is 9.59 Å². The summed E-state index contributed by atoms with van der Waals surface area (Å²) in [6.45, 7) is 4.43. The van der Waals surface area contributed by atoms with Crippen LogP contribution in [-0.2, 0) is 16.0 Å². The number of ether oxygens (including phenoxy) is 1. The molecule has 1 aliphatic heterocycles. The number of nitrogens with zero attached hydrogens (tertiary/aromatic N) is 2. The average molecular weight is 325 g/mol. The number of carbonyl (C=O) groups is 1. The Morgan fingerprint density at radius 1 is 1.64 bits per heavy atom. The van der Waals surface area contributed by atoms with E-state index in [1.54, 1.807) is 29.5 Å². The van der Waals surface area contributed by atoms with Crippen LogP contribution in [-0.4, -0.2) is 41.0 Å². The zero-order chi connectivity index (χ0) is 16.1. The van der Waals surface area contributed by atoms with E-state index in [-0.39, 0.29) is 23.6 Å². The van der Waals surface area contributed by atoms with Crippen molar-refractivity contribution in [1.29, 1.82) is 0 Å². The molecule has 22 heavy (non-hydrogen) atoms. The van der Waals surface area contributed by atoms with E-state index >= 15 is 0 Å². The van der Waals surface area contributed by atoms with Gasteiger partial charge < -0.3 is 10.1 Å². The predicted octanol–water partition coefficient (Wildman–Crippen LogP) is 1.38. The number of amides is 1. The second-order valence-electron chi connectivity index (χ2n) is 5.58. The van der Waals surface area contributed by atoms with Crippen molar-refractivity contribution in [3.8, 4) is 0 Å². The van der Waals surface area contributed by atoms with Gasteiger partial charge in [0.2, 0.25) is 5.91 Å². The van der Waals surface area contributed by atoms with Gasteiger partial charge in [-0.15, -0.1) is 0 Å². The van der Waals surface area contributed by atoms with Gasteiger partial charge in [0.15, 0.2) is 5.16 Å². The molecule has 0 saturated carbocycles. The van der Waals surface area contributed by atoms with Crippen molar-refractivity contribution in [2.75, 3.05) is 19.5 Å². The third kappa shape index (κ3) is 4.10. The quantitative estimate of drug-likeness (QED) is 0.767. The number of methoxy groups -OCH3 is 1. The molecule has 1 amide bonds. The fraction of sp³-hybridized carbons (Fsp3) is 0.667. The van der Waals surface area contributed by atoms with Crippen LogP contribution in [0.2, 0.25) is 0 Å². The molecular formula is C15H23N3O3S. The maximum Gasteiger partial charge on any atom is 0.254 e. The zero-order valence-electron chi connectivity index (χ0n) is 13.3. The Bertz CT molecular complexity index is 588. The third-order valence-corrected chi connectivity index (χ3v) is 4.59. The molecule has 7 heteroatoms. The molecule has 1 aromatic heterocycles. The molecule has 2 unspecified atom stereocenters. The highest BCUT2D eigenvalue weighted by Crippen LogP contribution is 2.32. The van der Waals surface area contributed by atoms with Gasteiger partial charge in [-0.25, -0.2) is 4.98 Å². The first-order chi connectivity index (χ1) is 10.5. The average Bonchev–Trinajstić information content (AvgIpc) is 2.82. The van der Waals surface area contributed by atoms with Crippen LogP contribution in [0.4, 0.5) is 0 Å². The molecule has 1 aliphatic rings. The highest BCUT2D eigenvalue weighted by Gasteiger charge is 2.27. The van der Waals surface area contributed by atoms with E-state index in [0.29, 0.717) is 18.8 Å². The summed E-state index contributed by atoms with van der Waals surface area (Å²) in [5.74, 6) is 0.650. The first kappa shape index (κ1) is 17.0. The summed E-state index contributed by atoms with van der Waals surface area (Å²) in [5.41, 5.74) is 0.784. The summed E-state index contributed by atoms with van der Waals surface area (Å²) >= 11 is 1.55. The summed E-state index contributed by atoms with van der Waals surface area (Å²) in [5, 5.41) is 3.62. The molecule has 2 atom stereocenters. The van der Waals surface area contributed by atoms with Crippen LogP contribution in [0, 0.1) is 0 Å². The fourth-order valence-corrected chi connectivity index (χ4v) is 3.74. The lowest BCUT2D eigenvalue weighted by Gasteiger charge is -2.16. The smallest absolute Gasteiger partial charge is 0.254 e. The maximum atomic E-state index is 12.3. The lowest BCUT2D eigenvalue weighted by molar-refractivity contribution is -0.122. The molecular weight excluding hydrogens is 302 g/mol. The Morgan fingerprint density at radius 2 is 2.41 bits per heavy atom. The van der Waals surface area contributed by atoms with E-state index in [2.05, 4.69) is 17.2 Å². The molecule has 1 aromatic rings. The number of aromatic nitrogens is 2. The van der Waals surface area contributed by atoms with Gasteiger partial charge in [0.1, 0.15) is 0 Å². The molecule has 0 fully saturated rings. The zero-order valence-corrected chi connectivity index (χ0v) is 14.1. The summed E-state index contributed by atoms with van der Waals surface area (Å²) in [4.78, 5) is 28.9. The van der Waals surface area contributed by atoms with Gasteiger partial charge in [0, 0.05) is 37.1 Å². The number of hydrogen-bond donors (Lipinski definition) is 1. The SMILES string of the molecule is CCCc1cc(=O)n2c(n1)SCC2CC(=O)NC(C)COC. The summed E-state index contributed by atoms with van der Waals surface area (Å²) in [7, 11) is 1.60. The van der Waals surface area contributed by atoms with Crippen LogP contribution >= 0.6 is 11.8 Å². The van der Waals surface area contributed by atoms with Crippen LogP contribution in [0.25, 0.3) is 0 Å². The molecule has 2 rings (SSSR count). The predicted molar refractivity (Wildman–Crippen MR) is 86.4 cm³/mol. The fourth-order valence-electron chi connectivity index (χ4n) is 2.57. The highest BCUT2D eigenvalue weighted by atomic mass is 32.2. The Hall–Kier alpha value is -1.34. The van der Waals surface area contributed by atoms with Crippen LogP contribution in [0.3, 0.4) is 0 Å². The first-order valence-corrected chi connectivity index (χ1v) is 8.57. The molecule has 0 saturated heterocycles. The number of nitrogens with one attached hydrogen (secondary N) is 1. The van der Waals surface area contributed by atoms with E-state index in [4.69, 9.17) is 4.74 Å². The minimum absolute atomic E-state index is 0.0344. The van der Waals surface area contributed by atoms with E-state index in [1.807, 2.05) is 6.92 Å². The van der Waals surface area contributed by atoms with Gasteiger partial charge in [-0.3, -0.25) is 14.2 Å². The number of hydrogen-bond acceptors (Lipinski definition) is 5. The van der Waals surface area contributed by atoms with Gasteiger partial charge in [0.25, 0.3) is 5.56 Å². The van der Waals surface area contributed by atoms with Crippen molar-refractivity contribution in [3.63, 3.8) is 0 Å². The largest absolute Gasteiger partial charge is 0.383 e. The van der Waals surface area contributed by atoms with Gasteiger partial charge in [-0.05, 0) is 13.3 Å². The van der Waals surface area contributed by atoms with Crippen molar-refractivity contribution in [2.24, 2.45) is 0 Å². The Morgan fingerprint density at radius 3 is 3.09 bits per heavy atom. The standard InChI is InChI=1S/C15H23N3O3S/c1-4-5-11-6-14(20)18-12(9-22-15(18)17-11)7-13(19)16-10(2)8-21-3/h6,10,12H,4-5,7-9H2,1-3H3,(H,16,19). The topological polar surface area (TPSA) is 73.2 Å². The number of aryl methyl sites for hydroxylation is 1. The van der Waals surface area contributed by atoms with E-state index < -0.39 is 0 Å². The number of rotatable bonds is 7. The molecule has 0 aliphatic carbocycles.